The van der Waals surface area contributed by atoms with E-state index in [-0.39, 0.29) is 0 Å². The first-order valence-corrected chi connectivity index (χ1v) is 7.43. The van der Waals surface area contributed by atoms with Gasteiger partial charge < -0.3 is 5.73 Å². The van der Waals surface area contributed by atoms with E-state index in [1.165, 1.54) is 5.56 Å². The van der Waals surface area contributed by atoms with Crippen LogP contribution in [0, 0.1) is 6.92 Å². The number of nitrogens with zero attached hydrogens (tertiary/aromatic N) is 2. The monoisotopic (exact) mass is 329 g/mol. The van der Waals surface area contributed by atoms with Crippen molar-refractivity contribution in [3.05, 3.63) is 52.1 Å². The number of halogens is 1. The molecule has 0 fully saturated rings. The van der Waals surface area contributed by atoms with Crippen molar-refractivity contribution in [3.8, 4) is 11.3 Å². The highest BCUT2D eigenvalue weighted by molar-refractivity contribution is 9.10. The average Bonchev–Trinajstić information content (AvgIpc) is 2.77. The van der Waals surface area contributed by atoms with Crippen LogP contribution in [0.5, 0.6) is 0 Å². The molecule has 0 saturated heterocycles. The van der Waals surface area contributed by atoms with E-state index >= 15 is 0 Å². The summed E-state index contributed by atoms with van der Waals surface area (Å²) in [5, 5.41) is 0. The number of hydrogen-bond acceptors (Lipinski definition) is 2. The number of hydrogen-bond donors (Lipinski definition) is 1. The molecule has 0 radical (unpaired) electrons. The van der Waals surface area contributed by atoms with Crippen LogP contribution in [0.2, 0.25) is 0 Å². The van der Waals surface area contributed by atoms with Crippen LogP contribution >= 0.6 is 15.9 Å². The Morgan fingerprint density at radius 2 is 2.05 bits per heavy atom. The van der Waals surface area contributed by atoms with E-state index in [0.717, 1.165) is 33.4 Å². The maximum Gasteiger partial charge on any atom is 0.142 e. The van der Waals surface area contributed by atoms with Crippen molar-refractivity contribution < 1.29 is 0 Å². The van der Waals surface area contributed by atoms with E-state index in [1.807, 2.05) is 23.6 Å². The standard InChI is InChI=1S/C16H16BrN3/c1-3-11-6-4-5-7-13(11)14-15(18)20-9-12(17)8-10(2)16(20)19-14/h4-9H,3,18H2,1-2H3. The summed E-state index contributed by atoms with van der Waals surface area (Å²) in [4.78, 5) is 4.75. The van der Waals surface area contributed by atoms with Crippen molar-refractivity contribution in [2.75, 3.05) is 5.73 Å². The summed E-state index contributed by atoms with van der Waals surface area (Å²) in [6.45, 7) is 4.19. The fourth-order valence-corrected chi connectivity index (χ4v) is 3.09. The maximum atomic E-state index is 6.31. The molecule has 2 heterocycles. The number of nitrogens with two attached hydrogens (primary N) is 1. The second-order valence-corrected chi connectivity index (χ2v) is 5.81. The third-order valence-corrected chi connectivity index (χ3v) is 3.99. The van der Waals surface area contributed by atoms with Crippen LogP contribution in [-0.2, 0) is 6.42 Å². The molecule has 102 valence electrons. The highest BCUT2D eigenvalue weighted by atomic mass is 79.9. The SMILES string of the molecule is CCc1ccccc1-c1nc2c(C)cc(Br)cn2c1N. The highest BCUT2D eigenvalue weighted by Gasteiger charge is 2.15. The summed E-state index contributed by atoms with van der Waals surface area (Å²) >= 11 is 3.51. The quantitative estimate of drug-likeness (QED) is 0.765. The number of anilines is 1. The van der Waals surface area contributed by atoms with Crippen molar-refractivity contribution in [2.45, 2.75) is 20.3 Å². The van der Waals surface area contributed by atoms with E-state index in [1.54, 1.807) is 0 Å². The zero-order valence-electron chi connectivity index (χ0n) is 11.5. The molecule has 2 N–H and O–H groups in total. The van der Waals surface area contributed by atoms with Crippen LogP contribution in [0.25, 0.3) is 16.9 Å². The van der Waals surface area contributed by atoms with Gasteiger partial charge in [0, 0.05) is 16.2 Å². The number of aromatic nitrogens is 2. The van der Waals surface area contributed by atoms with E-state index in [0.29, 0.717) is 5.82 Å². The lowest BCUT2D eigenvalue weighted by Gasteiger charge is -2.05. The van der Waals surface area contributed by atoms with E-state index in [2.05, 4.69) is 47.1 Å². The predicted molar refractivity (Wildman–Crippen MR) is 86.9 cm³/mol. The average molecular weight is 330 g/mol. The smallest absolute Gasteiger partial charge is 0.142 e. The molecule has 0 spiro atoms. The van der Waals surface area contributed by atoms with Gasteiger partial charge in [-0.3, -0.25) is 4.40 Å². The number of nitrogen functional groups attached to an aromatic ring is 1. The zero-order valence-corrected chi connectivity index (χ0v) is 13.1. The van der Waals surface area contributed by atoms with Crippen LogP contribution in [0.1, 0.15) is 18.1 Å². The molecule has 0 aliphatic rings. The Morgan fingerprint density at radius 1 is 1.30 bits per heavy atom. The third kappa shape index (κ3) is 2.00. The van der Waals surface area contributed by atoms with Gasteiger partial charge in [-0.1, -0.05) is 31.2 Å². The largest absolute Gasteiger partial charge is 0.383 e. The lowest BCUT2D eigenvalue weighted by molar-refractivity contribution is 1.14. The van der Waals surface area contributed by atoms with Gasteiger partial charge in [0.05, 0.1) is 0 Å². The number of imidazole rings is 1. The topological polar surface area (TPSA) is 43.3 Å². The summed E-state index contributed by atoms with van der Waals surface area (Å²) in [5.41, 5.74) is 11.6. The van der Waals surface area contributed by atoms with Crippen LogP contribution < -0.4 is 5.73 Å². The van der Waals surface area contributed by atoms with Gasteiger partial charge in [-0.25, -0.2) is 4.98 Å². The first kappa shape index (κ1) is 13.2. The molecule has 0 atom stereocenters. The minimum Gasteiger partial charge on any atom is -0.383 e. The minimum absolute atomic E-state index is 0.685. The van der Waals surface area contributed by atoms with Crippen molar-refractivity contribution >= 4 is 27.4 Å². The van der Waals surface area contributed by atoms with Crippen molar-refractivity contribution in [3.63, 3.8) is 0 Å². The normalized spacial score (nSPS) is 11.2. The van der Waals surface area contributed by atoms with E-state index < -0.39 is 0 Å². The number of rotatable bonds is 2. The van der Waals surface area contributed by atoms with Crippen molar-refractivity contribution in [1.82, 2.24) is 9.38 Å². The lowest BCUT2D eigenvalue weighted by Crippen LogP contribution is -1.96. The molecule has 3 rings (SSSR count). The Kier molecular flexibility index (Phi) is 3.26. The molecular formula is C16H16BrN3. The molecule has 0 saturated carbocycles. The summed E-state index contributed by atoms with van der Waals surface area (Å²) < 4.78 is 2.95. The molecule has 0 aliphatic heterocycles. The Balaban J connectivity index is 2.32. The molecule has 1 aromatic carbocycles. The van der Waals surface area contributed by atoms with Gasteiger partial charge in [0.15, 0.2) is 0 Å². The van der Waals surface area contributed by atoms with Crippen LogP contribution in [-0.4, -0.2) is 9.38 Å². The second kappa shape index (κ2) is 4.94. The Labute approximate surface area is 126 Å². The van der Waals surface area contributed by atoms with E-state index in [9.17, 15) is 0 Å². The molecule has 3 aromatic rings. The van der Waals surface area contributed by atoms with Gasteiger partial charge in [-0.05, 0) is 46.5 Å². The van der Waals surface area contributed by atoms with E-state index in [4.69, 9.17) is 10.7 Å². The predicted octanol–water partition coefficient (Wildman–Crippen LogP) is 4.22. The minimum atomic E-state index is 0.685. The summed E-state index contributed by atoms with van der Waals surface area (Å²) in [5.74, 6) is 0.685. The number of benzene rings is 1. The molecule has 3 nitrogen and oxygen atoms in total. The molecule has 0 amide bonds. The van der Waals surface area contributed by atoms with Gasteiger partial charge in [-0.15, -0.1) is 0 Å². The third-order valence-electron chi connectivity index (χ3n) is 3.56. The number of fused-ring (bicyclic) bond motifs is 1. The van der Waals surface area contributed by atoms with Gasteiger partial charge in [0.25, 0.3) is 0 Å². The van der Waals surface area contributed by atoms with Crippen molar-refractivity contribution in [2.24, 2.45) is 0 Å². The molecule has 0 aliphatic carbocycles. The zero-order chi connectivity index (χ0) is 14.3. The van der Waals surface area contributed by atoms with Gasteiger partial charge in [0.1, 0.15) is 17.2 Å². The highest BCUT2D eigenvalue weighted by Crippen LogP contribution is 2.31. The molecule has 4 heteroatoms. The molecule has 0 bridgehead atoms. The van der Waals surface area contributed by atoms with Gasteiger partial charge >= 0.3 is 0 Å². The summed E-state index contributed by atoms with van der Waals surface area (Å²) in [7, 11) is 0. The Hall–Kier alpha value is -1.81. The Bertz CT molecular complexity index is 790. The number of pyridine rings is 1. The first-order chi connectivity index (χ1) is 9.61. The van der Waals surface area contributed by atoms with Crippen LogP contribution in [0.15, 0.2) is 41.0 Å². The summed E-state index contributed by atoms with van der Waals surface area (Å²) in [6, 6.07) is 10.3. The summed E-state index contributed by atoms with van der Waals surface area (Å²) in [6.07, 6.45) is 2.93. The first-order valence-electron chi connectivity index (χ1n) is 6.63. The lowest BCUT2D eigenvalue weighted by atomic mass is 10.0. The number of aryl methyl sites for hydroxylation is 2. The van der Waals surface area contributed by atoms with Crippen molar-refractivity contribution in [1.29, 1.82) is 0 Å². The Morgan fingerprint density at radius 3 is 2.80 bits per heavy atom. The molecule has 20 heavy (non-hydrogen) atoms. The molecular weight excluding hydrogens is 314 g/mol. The van der Waals surface area contributed by atoms with Crippen LogP contribution in [0.3, 0.4) is 0 Å². The fourth-order valence-electron chi connectivity index (χ4n) is 2.54. The molecule has 0 unspecified atom stereocenters. The molecule has 2 aromatic heterocycles. The second-order valence-electron chi connectivity index (χ2n) is 4.89. The fraction of sp³-hybridized carbons (Fsp3) is 0.188. The van der Waals surface area contributed by atoms with Crippen LogP contribution in [0.4, 0.5) is 5.82 Å². The van der Waals surface area contributed by atoms with Gasteiger partial charge in [0.2, 0.25) is 0 Å². The maximum absolute atomic E-state index is 6.31. The van der Waals surface area contributed by atoms with Gasteiger partial charge in [-0.2, -0.15) is 0 Å².